The van der Waals surface area contributed by atoms with Crippen molar-refractivity contribution in [2.45, 2.75) is 44.7 Å². The molecule has 0 unspecified atom stereocenters. The normalized spacial score (nSPS) is 20.3. The third-order valence-electron chi connectivity index (χ3n) is 5.23. The molecule has 0 atom stereocenters. The zero-order valence-corrected chi connectivity index (χ0v) is 16.1. The Balaban J connectivity index is 1.67. The fourth-order valence-corrected chi connectivity index (χ4v) is 5.18. The van der Waals surface area contributed by atoms with Gasteiger partial charge in [0.2, 0.25) is 10.0 Å². The molecule has 2 heterocycles. The topological polar surface area (TPSA) is 86.8 Å². The van der Waals surface area contributed by atoms with E-state index in [1.54, 1.807) is 0 Å². The molecule has 0 saturated carbocycles. The first-order chi connectivity index (χ1) is 12.8. The van der Waals surface area contributed by atoms with Gasteiger partial charge in [0, 0.05) is 13.1 Å². The van der Waals surface area contributed by atoms with Gasteiger partial charge >= 0.3 is 6.03 Å². The lowest BCUT2D eigenvalue weighted by atomic mass is 9.88. The zero-order chi connectivity index (χ0) is 19.7. The molecule has 0 aliphatic carbocycles. The summed E-state index contributed by atoms with van der Waals surface area (Å²) < 4.78 is 39.1. The summed E-state index contributed by atoms with van der Waals surface area (Å²) in [4.78, 5) is 26.3. The maximum atomic E-state index is 13.0. The number of sulfonamides is 1. The van der Waals surface area contributed by atoms with Gasteiger partial charge in [0.15, 0.2) is 0 Å². The Morgan fingerprint density at radius 3 is 2.37 bits per heavy atom. The third kappa shape index (κ3) is 3.98. The Kier molecular flexibility index (Phi) is 5.53. The monoisotopic (exact) mass is 397 g/mol. The second kappa shape index (κ2) is 7.55. The van der Waals surface area contributed by atoms with E-state index in [2.05, 4.69) is 5.32 Å². The number of hydrogen-bond acceptors (Lipinski definition) is 4. The molecular formula is C18H24FN3O4S. The summed E-state index contributed by atoms with van der Waals surface area (Å²) >= 11 is 0. The number of piperidine rings is 1. The largest absolute Gasteiger partial charge is 0.325 e. The number of carbonyl (C=O) groups excluding carboxylic acids is 2. The molecule has 0 aromatic heterocycles. The molecule has 0 bridgehead atoms. The highest BCUT2D eigenvalue weighted by Gasteiger charge is 2.53. The van der Waals surface area contributed by atoms with E-state index in [4.69, 9.17) is 0 Å². The lowest BCUT2D eigenvalue weighted by molar-refractivity contribution is -0.133. The smallest absolute Gasteiger partial charge is 0.323 e. The quantitative estimate of drug-likeness (QED) is 0.742. The summed E-state index contributed by atoms with van der Waals surface area (Å²) in [5.41, 5.74) is -0.398. The number of urea groups is 1. The van der Waals surface area contributed by atoms with Crippen molar-refractivity contribution in [3.63, 3.8) is 0 Å². The molecule has 2 fully saturated rings. The maximum absolute atomic E-state index is 13.0. The highest BCUT2D eigenvalue weighted by Crippen LogP contribution is 2.31. The Hall–Kier alpha value is -2.00. The molecule has 1 spiro atoms. The van der Waals surface area contributed by atoms with Crippen molar-refractivity contribution in [1.82, 2.24) is 14.5 Å². The first kappa shape index (κ1) is 19.8. The highest BCUT2D eigenvalue weighted by atomic mass is 32.2. The molecule has 3 amide bonds. The van der Waals surface area contributed by atoms with Crippen LogP contribution in [0.4, 0.5) is 9.18 Å². The average molecular weight is 397 g/mol. The average Bonchev–Trinajstić information content (AvgIpc) is 2.86. The van der Waals surface area contributed by atoms with E-state index in [-0.39, 0.29) is 50.0 Å². The minimum atomic E-state index is -3.33. The highest BCUT2D eigenvalue weighted by molar-refractivity contribution is 7.89. The van der Waals surface area contributed by atoms with Gasteiger partial charge in [0.05, 0.1) is 12.3 Å². The number of benzene rings is 1. The first-order valence-electron chi connectivity index (χ1n) is 9.14. The van der Waals surface area contributed by atoms with Gasteiger partial charge < -0.3 is 5.32 Å². The van der Waals surface area contributed by atoms with E-state index in [1.165, 1.54) is 28.6 Å². The minimum absolute atomic E-state index is 0.0607. The summed E-state index contributed by atoms with van der Waals surface area (Å²) in [7, 11) is -3.33. The van der Waals surface area contributed by atoms with Crippen molar-refractivity contribution in [2.75, 3.05) is 18.8 Å². The number of amides is 3. The number of unbranched alkanes of at least 4 members (excludes halogenated alkanes) is 1. The van der Waals surface area contributed by atoms with Crippen LogP contribution in [-0.2, 0) is 21.4 Å². The van der Waals surface area contributed by atoms with Crippen molar-refractivity contribution >= 4 is 22.0 Å². The van der Waals surface area contributed by atoms with Gasteiger partial charge in [-0.2, -0.15) is 0 Å². The lowest BCUT2D eigenvalue weighted by Gasteiger charge is -2.36. The van der Waals surface area contributed by atoms with Gasteiger partial charge in [-0.1, -0.05) is 25.5 Å². The maximum Gasteiger partial charge on any atom is 0.325 e. The van der Waals surface area contributed by atoms with Crippen molar-refractivity contribution in [1.29, 1.82) is 0 Å². The van der Waals surface area contributed by atoms with Crippen LogP contribution in [0.15, 0.2) is 24.3 Å². The van der Waals surface area contributed by atoms with Crippen LogP contribution in [0.1, 0.15) is 38.2 Å². The van der Waals surface area contributed by atoms with Crippen LogP contribution in [0.25, 0.3) is 0 Å². The number of carbonyl (C=O) groups is 2. The fourth-order valence-electron chi connectivity index (χ4n) is 3.53. The van der Waals surface area contributed by atoms with Crippen LogP contribution >= 0.6 is 0 Å². The van der Waals surface area contributed by atoms with Crippen LogP contribution in [0.2, 0.25) is 0 Å². The molecule has 3 rings (SSSR count). The number of nitrogens with zero attached hydrogens (tertiary/aromatic N) is 2. The second-order valence-electron chi connectivity index (χ2n) is 7.10. The molecule has 2 aliphatic rings. The SMILES string of the molecule is CCCCS(=O)(=O)N1CCC2(CC1)NC(=O)N(Cc1ccc(F)cc1)C2=O. The summed E-state index contributed by atoms with van der Waals surface area (Å²) in [6, 6.07) is 5.13. The van der Waals surface area contributed by atoms with Crippen LogP contribution in [0, 0.1) is 5.82 Å². The fraction of sp³-hybridized carbons (Fsp3) is 0.556. The molecule has 1 aromatic rings. The van der Waals surface area contributed by atoms with Crippen molar-refractivity contribution in [3.05, 3.63) is 35.6 Å². The Morgan fingerprint density at radius 2 is 1.78 bits per heavy atom. The molecule has 2 saturated heterocycles. The summed E-state index contributed by atoms with van der Waals surface area (Å²) in [5, 5.41) is 2.76. The molecule has 1 aromatic carbocycles. The standard InChI is InChI=1S/C18H24FN3O4S/c1-2-3-12-27(25,26)21-10-8-18(9-11-21)16(23)22(17(24)20-18)13-14-4-6-15(19)7-5-14/h4-7H,2-3,8-13H2,1H3,(H,20,24). The van der Waals surface area contributed by atoms with Crippen LogP contribution in [0.5, 0.6) is 0 Å². The predicted molar refractivity (Wildman–Crippen MR) is 97.7 cm³/mol. The van der Waals surface area contributed by atoms with Gasteiger partial charge in [-0.3, -0.25) is 9.69 Å². The Bertz CT molecular complexity index is 818. The van der Waals surface area contributed by atoms with E-state index in [0.717, 1.165) is 11.3 Å². The van der Waals surface area contributed by atoms with E-state index in [9.17, 15) is 22.4 Å². The molecular weight excluding hydrogens is 373 g/mol. The van der Waals surface area contributed by atoms with Gasteiger partial charge in [-0.15, -0.1) is 0 Å². The zero-order valence-electron chi connectivity index (χ0n) is 15.3. The summed E-state index contributed by atoms with van der Waals surface area (Å²) in [6.45, 7) is 2.42. The van der Waals surface area contributed by atoms with Crippen LogP contribution in [-0.4, -0.2) is 53.9 Å². The minimum Gasteiger partial charge on any atom is -0.323 e. The van der Waals surface area contributed by atoms with Crippen molar-refractivity contribution < 1.29 is 22.4 Å². The number of imide groups is 1. The summed E-state index contributed by atoms with van der Waals surface area (Å²) in [5.74, 6) is -0.625. The van der Waals surface area contributed by atoms with E-state index < -0.39 is 21.6 Å². The molecule has 7 nitrogen and oxygen atoms in total. The summed E-state index contributed by atoms with van der Waals surface area (Å²) in [6.07, 6.45) is 1.90. The van der Waals surface area contributed by atoms with Crippen molar-refractivity contribution in [2.24, 2.45) is 0 Å². The Labute approximate surface area is 158 Å². The Morgan fingerprint density at radius 1 is 1.15 bits per heavy atom. The van der Waals surface area contributed by atoms with Gasteiger partial charge in [-0.05, 0) is 37.0 Å². The molecule has 2 aliphatic heterocycles. The van der Waals surface area contributed by atoms with E-state index >= 15 is 0 Å². The number of hydrogen-bond donors (Lipinski definition) is 1. The lowest BCUT2D eigenvalue weighted by Crippen LogP contribution is -2.56. The van der Waals surface area contributed by atoms with Gasteiger partial charge in [-0.25, -0.2) is 21.9 Å². The van der Waals surface area contributed by atoms with E-state index in [0.29, 0.717) is 12.0 Å². The molecule has 27 heavy (non-hydrogen) atoms. The molecule has 1 N–H and O–H groups in total. The van der Waals surface area contributed by atoms with Gasteiger partial charge in [0.25, 0.3) is 5.91 Å². The number of rotatable bonds is 6. The predicted octanol–water partition coefficient (Wildman–Crippen LogP) is 1.84. The number of nitrogens with one attached hydrogen (secondary N) is 1. The van der Waals surface area contributed by atoms with Gasteiger partial charge in [0.1, 0.15) is 11.4 Å². The third-order valence-corrected chi connectivity index (χ3v) is 7.18. The molecule has 0 radical (unpaired) electrons. The molecule has 148 valence electrons. The van der Waals surface area contributed by atoms with Crippen LogP contribution in [0.3, 0.4) is 0 Å². The molecule has 9 heteroatoms. The van der Waals surface area contributed by atoms with E-state index in [1.807, 2.05) is 6.92 Å². The number of halogens is 1. The second-order valence-corrected chi connectivity index (χ2v) is 9.19. The first-order valence-corrected chi connectivity index (χ1v) is 10.7. The van der Waals surface area contributed by atoms with Crippen molar-refractivity contribution in [3.8, 4) is 0 Å². The van der Waals surface area contributed by atoms with Crippen LogP contribution < -0.4 is 5.32 Å².